The number of hydrogen-bond acceptors (Lipinski definition) is 5. The molecule has 1 saturated heterocycles. The number of benzene rings is 1. The predicted octanol–water partition coefficient (Wildman–Crippen LogP) is 1.62. The van der Waals surface area contributed by atoms with E-state index in [0.29, 0.717) is 25.5 Å². The molecule has 2 aromatic heterocycles. The van der Waals surface area contributed by atoms with Gasteiger partial charge < -0.3 is 14.2 Å². The van der Waals surface area contributed by atoms with Gasteiger partial charge in [-0.05, 0) is 31.2 Å². The zero-order chi connectivity index (χ0) is 15.1. The van der Waals surface area contributed by atoms with Crippen molar-refractivity contribution in [2.24, 2.45) is 0 Å². The SMILES string of the molecule is CCOc1ccc2c(c1)cc(C1OCCO1)c1n[nH]c(=O)n12. The molecule has 1 N–H and O–H groups in total. The molecule has 0 saturated carbocycles. The standard InChI is InChI=1S/C15H15N3O4/c1-2-20-10-3-4-12-9(7-10)8-11(14-21-5-6-22-14)13-16-17-15(19)18(12)13/h3-4,7-8,14H,2,5-6H2,1H3,(H,17,19). The highest BCUT2D eigenvalue weighted by Gasteiger charge is 2.24. The molecule has 3 heterocycles. The van der Waals surface area contributed by atoms with Crippen molar-refractivity contribution in [1.82, 2.24) is 14.6 Å². The van der Waals surface area contributed by atoms with Crippen molar-refractivity contribution in [2.75, 3.05) is 19.8 Å². The Bertz CT molecular complexity index is 893. The fourth-order valence-electron chi connectivity index (χ4n) is 2.77. The molecule has 7 heteroatoms. The van der Waals surface area contributed by atoms with E-state index in [1.165, 1.54) is 4.40 Å². The van der Waals surface area contributed by atoms with Crippen molar-refractivity contribution in [3.8, 4) is 5.75 Å². The van der Waals surface area contributed by atoms with Crippen LogP contribution in [0, 0.1) is 0 Å². The number of nitrogens with one attached hydrogen (secondary N) is 1. The third-order valence-electron chi connectivity index (χ3n) is 3.67. The summed E-state index contributed by atoms with van der Waals surface area (Å²) in [6.45, 7) is 3.58. The Hall–Kier alpha value is -2.38. The Labute approximate surface area is 125 Å². The number of ether oxygens (including phenoxy) is 3. The molecule has 0 radical (unpaired) electrons. The molecule has 4 rings (SSSR count). The highest BCUT2D eigenvalue weighted by molar-refractivity contribution is 5.84. The van der Waals surface area contributed by atoms with Crippen molar-refractivity contribution in [3.63, 3.8) is 0 Å². The second-order valence-corrected chi connectivity index (χ2v) is 5.01. The van der Waals surface area contributed by atoms with Crippen molar-refractivity contribution in [3.05, 3.63) is 40.3 Å². The Morgan fingerprint density at radius 3 is 2.95 bits per heavy atom. The van der Waals surface area contributed by atoms with Gasteiger partial charge in [-0.3, -0.25) is 0 Å². The smallest absolute Gasteiger partial charge is 0.348 e. The normalized spacial score (nSPS) is 15.9. The van der Waals surface area contributed by atoms with E-state index in [1.807, 2.05) is 31.2 Å². The zero-order valence-electron chi connectivity index (χ0n) is 12.0. The second kappa shape index (κ2) is 5.11. The molecule has 114 valence electrons. The van der Waals surface area contributed by atoms with Gasteiger partial charge in [0.25, 0.3) is 0 Å². The second-order valence-electron chi connectivity index (χ2n) is 5.01. The molecule has 0 bridgehead atoms. The topological polar surface area (TPSA) is 77.8 Å². The number of H-pyrrole nitrogens is 1. The molecule has 1 aliphatic rings. The fourth-order valence-corrected chi connectivity index (χ4v) is 2.77. The monoisotopic (exact) mass is 301 g/mol. The Balaban J connectivity index is 2.02. The minimum absolute atomic E-state index is 0.288. The largest absolute Gasteiger partial charge is 0.494 e. The summed E-state index contributed by atoms with van der Waals surface area (Å²) in [5.41, 5.74) is 1.73. The van der Waals surface area contributed by atoms with Crippen LogP contribution < -0.4 is 10.4 Å². The number of pyridine rings is 1. The highest BCUT2D eigenvalue weighted by atomic mass is 16.7. The first-order chi connectivity index (χ1) is 10.8. The lowest BCUT2D eigenvalue weighted by Gasteiger charge is -2.12. The average molecular weight is 301 g/mol. The minimum atomic E-state index is -0.502. The highest BCUT2D eigenvalue weighted by Crippen LogP contribution is 2.30. The molecule has 1 aliphatic heterocycles. The van der Waals surface area contributed by atoms with E-state index >= 15 is 0 Å². The van der Waals surface area contributed by atoms with Gasteiger partial charge in [-0.2, -0.15) is 5.10 Å². The van der Waals surface area contributed by atoms with Gasteiger partial charge in [0, 0.05) is 5.39 Å². The molecule has 1 fully saturated rings. The zero-order valence-corrected chi connectivity index (χ0v) is 12.0. The minimum Gasteiger partial charge on any atom is -0.494 e. The number of hydrogen-bond donors (Lipinski definition) is 1. The third-order valence-corrected chi connectivity index (χ3v) is 3.67. The summed E-state index contributed by atoms with van der Waals surface area (Å²) in [5, 5.41) is 7.46. The summed E-state index contributed by atoms with van der Waals surface area (Å²) in [6.07, 6.45) is -0.502. The van der Waals surface area contributed by atoms with Crippen molar-refractivity contribution in [1.29, 1.82) is 0 Å². The van der Waals surface area contributed by atoms with E-state index in [0.717, 1.165) is 22.2 Å². The van der Waals surface area contributed by atoms with Crippen LogP contribution in [0.3, 0.4) is 0 Å². The summed E-state index contributed by atoms with van der Waals surface area (Å²) in [4.78, 5) is 12.1. The number of nitrogens with zero attached hydrogens (tertiary/aromatic N) is 2. The number of rotatable bonds is 3. The van der Waals surface area contributed by atoms with Gasteiger partial charge in [0.1, 0.15) is 5.75 Å². The lowest BCUT2D eigenvalue weighted by molar-refractivity contribution is -0.0432. The molecule has 22 heavy (non-hydrogen) atoms. The van der Waals surface area contributed by atoms with E-state index < -0.39 is 6.29 Å². The maximum absolute atomic E-state index is 12.1. The first-order valence-corrected chi connectivity index (χ1v) is 7.17. The molecule has 1 aromatic carbocycles. The van der Waals surface area contributed by atoms with Crippen LogP contribution in [0.1, 0.15) is 18.8 Å². The lowest BCUT2D eigenvalue weighted by Crippen LogP contribution is -2.12. The summed E-state index contributed by atoms with van der Waals surface area (Å²) in [5.74, 6) is 0.755. The van der Waals surface area contributed by atoms with Gasteiger partial charge in [-0.1, -0.05) is 0 Å². The van der Waals surface area contributed by atoms with Gasteiger partial charge in [-0.25, -0.2) is 14.3 Å². The van der Waals surface area contributed by atoms with Crippen LogP contribution in [0.2, 0.25) is 0 Å². The van der Waals surface area contributed by atoms with Gasteiger partial charge in [0.05, 0.1) is 30.9 Å². The summed E-state index contributed by atoms with van der Waals surface area (Å²) < 4.78 is 18.2. The van der Waals surface area contributed by atoms with Gasteiger partial charge in [0.15, 0.2) is 11.9 Å². The van der Waals surface area contributed by atoms with Gasteiger partial charge >= 0.3 is 5.69 Å². The maximum atomic E-state index is 12.1. The van der Waals surface area contributed by atoms with Crippen molar-refractivity contribution >= 4 is 16.6 Å². The van der Waals surface area contributed by atoms with E-state index in [2.05, 4.69) is 10.2 Å². The molecule has 0 aliphatic carbocycles. The molecular weight excluding hydrogens is 286 g/mol. The maximum Gasteiger partial charge on any atom is 0.348 e. The summed E-state index contributed by atoms with van der Waals surface area (Å²) in [6, 6.07) is 7.52. The number of fused-ring (bicyclic) bond motifs is 3. The molecule has 3 aromatic rings. The van der Waals surface area contributed by atoms with Crippen LogP contribution in [-0.2, 0) is 9.47 Å². The van der Waals surface area contributed by atoms with Crippen LogP contribution in [-0.4, -0.2) is 34.4 Å². The lowest BCUT2D eigenvalue weighted by atomic mass is 10.1. The van der Waals surface area contributed by atoms with Crippen LogP contribution in [0.4, 0.5) is 0 Å². The van der Waals surface area contributed by atoms with E-state index in [1.54, 1.807) is 0 Å². The Morgan fingerprint density at radius 1 is 1.36 bits per heavy atom. The number of aromatic nitrogens is 3. The van der Waals surface area contributed by atoms with E-state index in [4.69, 9.17) is 14.2 Å². The van der Waals surface area contributed by atoms with Crippen LogP contribution >= 0.6 is 0 Å². The molecule has 0 atom stereocenters. The third kappa shape index (κ3) is 1.98. The van der Waals surface area contributed by atoms with Gasteiger partial charge in [0.2, 0.25) is 0 Å². The van der Waals surface area contributed by atoms with Crippen molar-refractivity contribution < 1.29 is 14.2 Å². The summed E-state index contributed by atoms with van der Waals surface area (Å²) in [7, 11) is 0. The number of aromatic amines is 1. The molecule has 7 nitrogen and oxygen atoms in total. The van der Waals surface area contributed by atoms with Crippen molar-refractivity contribution in [2.45, 2.75) is 13.2 Å². The quantitative estimate of drug-likeness (QED) is 0.795. The first-order valence-electron chi connectivity index (χ1n) is 7.17. The molecule has 0 spiro atoms. The fraction of sp³-hybridized carbons (Fsp3) is 0.333. The van der Waals surface area contributed by atoms with Gasteiger partial charge in [-0.15, -0.1) is 0 Å². The molecule has 0 amide bonds. The Morgan fingerprint density at radius 2 is 2.18 bits per heavy atom. The van der Waals surface area contributed by atoms with Crippen LogP contribution in [0.5, 0.6) is 5.75 Å². The molecule has 0 unspecified atom stereocenters. The molecular formula is C15H15N3O4. The van der Waals surface area contributed by atoms with Crippen LogP contribution in [0.15, 0.2) is 29.1 Å². The summed E-state index contributed by atoms with van der Waals surface area (Å²) >= 11 is 0. The van der Waals surface area contributed by atoms with E-state index in [-0.39, 0.29) is 5.69 Å². The Kier molecular flexibility index (Phi) is 3.09. The van der Waals surface area contributed by atoms with E-state index in [9.17, 15) is 4.79 Å². The first kappa shape index (κ1) is 13.3. The average Bonchev–Trinajstić information content (AvgIpc) is 3.17. The van der Waals surface area contributed by atoms with Crippen LogP contribution in [0.25, 0.3) is 16.6 Å². The predicted molar refractivity (Wildman–Crippen MR) is 79.1 cm³/mol.